The molecule has 1 fully saturated rings. The Bertz CT molecular complexity index is 1400. The van der Waals surface area contributed by atoms with Gasteiger partial charge in [0.25, 0.3) is 5.91 Å². The molecule has 0 unspecified atom stereocenters. The third-order valence-corrected chi connectivity index (χ3v) is 10.1. The molecule has 3 aliphatic rings. The lowest BCUT2D eigenvalue weighted by atomic mass is 9.81. The monoisotopic (exact) mass is 614 g/mol. The van der Waals surface area contributed by atoms with E-state index in [1.54, 1.807) is 7.05 Å². The van der Waals surface area contributed by atoms with E-state index in [1.807, 2.05) is 67.3 Å². The molecule has 2 heterocycles. The van der Waals surface area contributed by atoms with Crippen LogP contribution in [0.1, 0.15) is 64.6 Å². The maximum Gasteiger partial charge on any atom is 0.407 e. The van der Waals surface area contributed by atoms with E-state index in [2.05, 4.69) is 25.7 Å². The fraction of sp³-hybridized carbons (Fsp3) is 0.452. The zero-order chi connectivity index (χ0) is 29.8. The quantitative estimate of drug-likeness (QED) is 0.347. The Balaban J connectivity index is 1.55. The summed E-state index contributed by atoms with van der Waals surface area (Å²) in [7, 11) is 1.60. The average Bonchev–Trinajstić information content (AvgIpc) is 3.38. The topological polar surface area (TPSA) is 76.5 Å². The number of hydrogen-bond donors (Lipinski definition) is 1. The zero-order valence-electron chi connectivity index (χ0n) is 24.1. The van der Waals surface area contributed by atoms with Gasteiger partial charge in [-0.15, -0.1) is 0 Å². The van der Waals surface area contributed by atoms with Crippen LogP contribution in [0.25, 0.3) is 0 Å². The highest BCUT2D eigenvalue weighted by Crippen LogP contribution is 2.56. The van der Waals surface area contributed by atoms with Gasteiger partial charge in [-0.3, -0.25) is 4.79 Å². The molecular weight excluding hydrogens is 579 g/mol. The first kappa shape index (κ1) is 29.8. The van der Waals surface area contributed by atoms with Crippen LogP contribution in [0.2, 0.25) is 10.0 Å². The van der Waals surface area contributed by atoms with Crippen LogP contribution in [0.3, 0.4) is 0 Å². The molecule has 0 aromatic heterocycles. The standard InChI is InChI=1S/C31H36Cl2N4O3S/c1-17(2)25-26(28(38)36(18(3)4)24-15-23(16-24)35(6)30(39)40)41-29-34-31(5,20-9-13-22(33)14-10-20)27(37(25)29)19-7-11-21(32)12-8-19/h7-14,17-18,23-24,27H,15-16H2,1-6H3,(H,39,40)/t23?,24?,27-,31+/m1/s1. The van der Waals surface area contributed by atoms with E-state index in [9.17, 15) is 14.7 Å². The Morgan fingerprint density at radius 2 is 1.56 bits per heavy atom. The minimum Gasteiger partial charge on any atom is -0.465 e. The van der Waals surface area contributed by atoms with E-state index in [1.165, 1.54) is 16.7 Å². The van der Waals surface area contributed by atoms with Crippen molar-refractivity contribution in [3.63, 3.8) is 0 Å². The van der Waals surface area contributed by atoms with Gasteiger partial charge in [0, 0.05) is 40.9 Å². The predicted molar refractivity (Wildman–Crippen MR) is 166 cm³/mol. The van der Waals surface area contributed by atoms with Gasteiger partial charge in [0.1, 0.15) is 10.4 Å². The maximum atomic E-state index is 14.3. The van der Waals surface area contributed by atoms with Gasteiger partial charge in [0.15, 0.2) is 5.17 Å². The average molecular weight is 616 g/mol. The van der Waals surface area contributed by atoms with Crippen molar-refractivity contribution in [1.82, 2.24) is 14.7 Å². The molecule has 1 saturated carbocycles. The number of rotatable bonds is 7. The van der Waals surface area contributed by atoms with Gasteiger partial charge in [-0.25, -0.2) is 9.79 Å². The van der Waals surface area contributed by atoms with Gasteiger partial charge in [0.2, 0.25) is 0 Å². The number of allylic oxidation sites excluding steroid dienone is 1. The molecule has 2 amide bonds. The summed E-state index contributed by atoms with van der Waals surface area (Å²) in [5, 5.41) is 11.5. The fourth-order valence-electron chi connectivity index (χ4n) is 6.26. The van der Waals surface area contributed by atoms with Crippen LogP contribution >= 0.6 is 35.0 Å². The lowest BCUT2D eigenvalue weighted by molar-refractivity contribution is -0.133. The van der Waals surface area contributed by atoms with Gasteiger partial charge in [0.05, 0.1) is 6.04 Å². The van der Waals surface area contributed by atoms with Crippen LogP contribution in [-0.2, 0) is 10.3 Å². The van der Waals surface area contributed by atoms with Crippen molar-refractivity contribution >= 4 is 52.1 Å². The molecule has 2 aromatic carbocycles. The number of hydrogen-bond acceptors (Lipinski definition) is 5. The molecule has 2 aliphatic heterocycles. The number of halogens is 2. The maximum absolute atomic E-state index is 14.3. The summed E-state index contributed by atoms with van der Waals surface area (Å²) in [5.41, 5.74) is 2.42. The smallest absolute Gasteiger partial charge is 0.407 e. The molecule has 0 spiro atoms. The van der Waals surface area contributed by atoms with Crippen LogP contribution in [0, 0.1) is 5.92 Å². The van der Waals surface area contributed by atoms with Crippen molar-refractivity contribution in [3.8, 4) is 0 Å². The van der Waals surface area contributed by atoms with Gasteiger partial charge in [-0.1, -0.05) is 61.3 Å². The van der Waals surface area contributed by atoms with Crippen LogP contribution in [-0.4, -0.2) is 62.1 Å². The van der Waals surface area contributed by atoms with Gasteiger partial charge in [-0.05, 0) is 86.7 Å². The number of amides is 2. The number of carbonyl (C=O) groups excluding carboxylic acids is 1. The summed E-state index contributed by atoms with van der Waals surface area (Å²) in [4.78, 5) is 37.3. The van der Waals surface area contributed by atoms with E-state index in [0.29, 0.717) is 27.8 Å². The summed E-state index contributed by atoms with van der Waals surface area (Å²) < 4.78 is 0. The Hall–Kier alpha value is -2.68. The Kier molecular flexibility index (Phi) is 8.14. The van der Waals surface area contributed by atoms with Crippen LogP contribution in [0.5, 0.6) is 0 Å². The third kappa shape index (κ3) is 5.23. The minimum atomic E-state index is -0.942. The van der Waals surface area contributed by atoms with Gasteiger partial charge < -0.3 is 19.8 Å². The Labute approximate surface area is 256 Å². The third-order valence-electron chi connectivity index (χ3n) is 8.49. The highest BCUT2D eigenvalue weighted by Gasteiger charge is 2.54. The van der Waals surface area contributed by atoms with Crippen molar-refractivity contribution in [3.05, 3.63) is 80.3 Å². The van der Waals surface area contributed by atoms with Crippen LogP contribution < -0.4 is 0 Å². The van der Waals surface area contributed by atoms with Gasteiger partial charge in [-0.2, -0.15) is 0 Å². The lowest BCUT2D eigenvalue weighted by Gasteiger charge is -2.47. The summed E-state index contributed by atoms with van der Waals surface area (Å²) >= 11 is 14.0. The summed E-state index contributed by atoms with van der Waals surface area (Å²) in [6.07, 6.45) is 0.325. The molecule has 0 bridgehead atoms. The molecule has 0 saturated heterocycles. The van der Waals surface area contributed by atoms with E-state index < -0.39 is 11.6 Å². The molecule has 1 aliphatic carbocycles. The van der Waals surface area contributed by atoms with Crippen molar-refractivity contribution in [2.75, 3.05) is 7.05 Å². The summed E-state index contributed by atoms with van der Waals surface area (Å²) in [6, 6.07) is 15.4. The van der Waals surface area contributed by atoms with Crippen LogP contribution in [0.4, 0.5) is 4.79 Å². The van der Waals surface area contributed by atoms with Crippen molar-refractivity contribution in [1.29, 1.82) is 0 Å². The predicted octanol–water partition coefficient (Wildman–Crippen LogP) is 7.61. The van der Waals surface area contributed by atoms with E-state index in [-0.39, 0.29) is 36.0 Å². The van der Waals surface area contributed by atoms with E-state index in [0.717, 1.165) is 22.0 Å². The number of carbonyl (C=O) groups is 2. The second kappa shape index (κ2) is 11.2. The molecule has 10 heteroatoms. The Morgan fingerprint density at radius 3 is 2.07 bits per heavy atom. The second-order valence-corrected chi connectivity index (χ2v) is 13.7. The first-order chi connectivity index (χ1) is 19.3. The number of benzene rings is 2. The van der Waals surface area contributed by atoms with Crippen molar-refractivity contribution in [2.45, 2.75) is 77.2 Å². The molecule has 5 rings (SSSR count). The minimum absolute atomic E-state index is 0.0143. The Morgan fingerprint density at radius 1 is 1.00 bits per heavy atom. The number of carboxylic acid groups (broad SMARTS) is 1. The second-order valence-electron chi connectivity index (χ2n) is 11.8. The summed E-state index contributed by atoms with van der Waals surface area (Å²) in [6.45, 7) is 10.4. The zero-order valence-corrected chi connectivity index (χ0v) is 26.5. The van der Waals surface area contributed by atoms with Crippen LogP contribution in [0.15, 0.2) is 64.1 Å². The number of nitrogens with zero attached hydrogens (tertiary/aromatic N) is 4. The highest BCUT2D eigenvalue weighted by molar-refractivity contribution is 8.18. The normalized spacial score (nSPS) is 25.4. The largest absolute Gasteiger partial charge is 0.465 e. The SMILES string of the molecule is CC(C)C1=C(C(=O)N(C(C)C)C2CC(N(C)C(=O)O)C2)SC2=N[C@@](C)(c3ccc(Cl)cc3)[C@@H](c3ccc(Cl)cc3)N21. The van der Waals surface area contributed by atoms with Crippen molar-refractivity contribution in [2.24, 2.45) is 10.9 Å². The number of fused-ring (bicyclic) bond motifs is 1. The fourth-order valence-corrected chi connectivity index (χ4v) is 7.87. The van der Waals surface area contributed by atoms with Gasteiger partial charge >= 0.3 is 6.09 Å². The molecule has 7 nitrogen and oxygen atoms in total. The van der Waals surface area contributed by atoms with E-state index in [4.69, 9.17) is 28.2 Å². The molecule has 2 aromatic rings. The number of thioether (sulfide) groups is 1. The highest BCUT2D eigenvalue weighted by atomic mass is 35.5. The molecule has 218 valence electrons. The molecular formula is C31H36Cl2N4O3S. The first-order valence-electron chi connectivity index (χ1n) is 13.9. The number of amidine groups is 1. The molecule has 1 N–H and O–H groups in total. The molecule has 41 heavy (non-hydrogen) atoms. The lowest BCUT2D eigenvalue weighted by Crippen LogP contribution is -2.57. The molecule has 2 atom stereocenters. The van der Waals surface area contributed by atoms with E-state index >= 15 is 0 Å². The molecule has 0 radical (unpaired) electrons. The number of aliphatic imine (C=N–C) groups is 1. The first-order valence-corrected chi connectivity index (χ1v) is 15.5. The van der Waals surface area contributed by atoms with Crippen molar-refractivity contribution < 1.29 is 14.7 Å². The summed E-state index contributed by atoms with van der Waals surface area (Å²) in [5.74, 6) is 0.0353.